The standard InChI is InChI=1S/C9F9I3/c10-7(11,12)1-4(19)2(8(13,14)15)6(21)3(5(1)20)9(16,17)18. The Bertz CT molecular complexity index is 466. The molecular weight excluding hydrogens is 660 g/mol. The second kappa shape index (κ2) is 6.01. The summed E-state index contributed by atoms with van der Waals surface area (Å²) in [6, 6.07) is 0. The Morgan fingerprint density at radius 1 is 0.429 bits per heavy atom. The Labute approximate surface area is 152 Å². The van der Waals surface area contributed by atoms with Gasteiger partial charge in [0.2, 0.25) is 0 Å². The Morgan fingerprint density at radius 3 is 0.667 bits per heavy atom. The van der Waals surface area contributed by atoms with E-state index in [-0.39, 0.29) is 0 Å². The van der Waals surface area contributed by atoms with Gasteiger partial charge in [0.05, 0.1) is 16.7 Å². The van der Waals surface area contributed by atoms with Gasteiger partial charge in [-0.25, -0.2) is 0 Å². The third kappa shape index (κ3) is 4.00. The van der Waals surface area contributed by atoms with E-state index in [4.69, 9.17) is 0 Å². The fourth-order valence-electron chi connectivity index (χ4n) is 1.41. The molecule has 0 aliphatic rings. The molecule has 0 aliphatic carbocycles. The summed E-state index contributed by atoms with van der Waals surface area (Å²) in [7, 11) is 0. The molecule has 0 nitrogen and oxygen atoms in total. The molecule has 0 bridgehead atoms. The van der Waals surface area contributed by atoms with Crippen molar-refractivity contribution in [1.29, 1.82) is 0 Å². The van der Waals surface area contributed by atoms with E-state index in [2.05, 4.69) is 0 Å². The molecule has 0 spiro atoms. The first-order valence-electron chi connectivity index (χ1n) is 4.52. The van der Waals surface area contributed by atoms with Crippen LogP contribution in [0.5, 0.6) is 0 Å². The molecule has 0 unspecified atom stereocenters. The zero-order chi connectivity index (χ0) is 17.0. The van der Waals surface area contributed by atoms with Crippen LogP contribution in [-0.4, -0.2) is 0 Å². The summed E-state index contributed by atoms with van der Waals surface area (Å²) in [5.41, 5.74) is -5.78. The molecule has 0 fully saturated rings. The lowest BCUT2D eigenvalue weighted by Gasteiger charge is -2.23. The van der Waals surface area contributed by atoms with Crippen molar-refractivity contribution in [2.75, 3.05) is 0 Å². The van der Waals surface area contributed by atoms with Gasteiger partial charge in [-0.1, -0.05) is 0 Å². The van der Waals surface area contributed by atoms with E-state index in [1.165, 1.54) is 0 Å². The second-order valence-electron chi connectivity index (χ2n) is 3.56. The van der Waals surface area contributed by atoms with Crippen LogP contribution in [0.3, 0.4) is 0 Å². The Kier molecular flexibility index (Phi) is 5.67. The highest BCUT2D eigenvalue weighted by molar-refractivity contribution is 14.1. The highest BCUT2D eigenvalue weighted by Gasteiger charge is 2.49. The molecule has 0 heterocycles. The van der Waals surface area contributed by atoms with E-state index in [9.17, 15) is 39.5 Å². The highest BCUT2D eigenvalue weighted by Crippen LogP contribution is 2.49. The molecule has 1 aromatic carbocycles. The number of hydrogen-bond acceptors (Lipinski definition) is 0. The molecule has 0 atom stereocenters. The quantitative estimate of drug-likeness (QED) is 0.219. The van der Waals surface area contributed by atoms with Crippen molar-refractivity contribution in [3.63, 3.8) is 0 Å². The third-order valence-electron chi connectivity index (χ3n) is 2.17. The second-order valence-corrected chi connectivity index (χ2v) is 6.80. The van der Waals surface area contributed by atoms with Crippen molar-refractivity contribution < 1.29 is 39.5 Å². The number of halogens is 12. The van der Waals surface area contributed by atoms with E-state index >= 15 is 0 Å². The zero-order valence-electron chi connectivity index (χ0n) is 9.04. The van der Waals surface area contributed by atoms with E-state index in [0.29, 0.717) is 0 Å². The lowest BCUT2D eigenvalue weighted by atomic mass is 10.0. The molecule has 0 aliphatic heterocycles. The van der Waals surface area contributed by atoms with Crippen LogP contribution in [0.4, 0.5) is 39.5 Å². The summed E-state index contributed by atoms with van der Waals surface area (Å²) in [5, 5.41) is 0. The molecule has 0 saturated carbocycles. The van der Waals surface area contributed by atoms with Gasteiger partial charge in [-0.3, -0.25) is 0 Å². The van der Waals surface area contributed by atoms with Crippen LogP contribution < -0.4 is 0 Å². The maximum absolute atomic E-state index is 12.8. The molecule has 0 amide bonds. The molecule has 21 heavy (non-hydrogen) atoms. The first-order valence-corrected chi connectivity index (χ1v) is 7.75. The third-order valence-corrected chi connectivity index (χ3v) is 5.40. The molecular formula is C9F9I3. The van der Waals surface area contributed by atoms with Crippen molar-refractivity contribution in [1.82, 2.24) is 0 Å². The molecule has 0 saturated heterocycles. The number of alkyl halides is 9. The van der Waals surface area contributed by atoms with Crippen LogP contribution in [0, 0.1) is 10.7 Å². The first-order chi connectivity index (χ1) is 9.10. The number of rotatable bonds is 0. The fourth-order valence-corrected chi connectivity index (χ4v) is 6.41. The molecule has 12 heteroatoms. The predicted octanol–water partition coefficient (Wildman–Crippen LogP) is 6.56. The Morgan fingerprint density at radius 2 is 0.571 bits per heavy atom. The van der Waals surface area contributed by atoms with E-state index < -0.39 is 45.9 Å². The largest absolute Gasteiger partial charge is 0.418 e. The highest BCUT2D eigenvalue weighted by atomic mass is 127. The molecule has 120 valence electrons. The van der Waals surface area contributed by atoms with Crippen LogP contribution in [0.15, 0.2) is 0 Å². The van der Waals surface area contributed by atoms with Crippen LogP contribution >= 0.6 is 67.8 Å². The molecule has 0 aromatic heterocycles. The average Bonchev–Trinajstić information content (AvgIpc) is 2.07. The zero-order valence-corrected chi connectivity index (χ0v) is 15.5. The van der Waals surface area contributed by atoms with Crippen molar-refractivity contribution >= 4 is 67.8 Å². The minimum Gasteiger partial charge on any atom is -0.166 e. The van der Waals surface area contributed by atoms with Gasteiger partial charge >= 0.3 is 18.5 Å². The molecule has 1 rings (SSSR count). The minimum atomic E-state index is -5.34. The van der Waals surface area contributed by atoms with Gasteiger partial charge in [0.25, 0.3) is 0 Å². The fraction of sp³-hybridized carbons (Fsp3) is 0.333. The number of hydrogen-bond donors (Lipinski definition) is 0. The van der Waals surface area contributed by atoms with E-state index in [0.717, 1.165) is 67.8 Å². The van der Waals surface area contributed by atoms with Gasteiger partial charge in [-0.05, 0) is 67.8 Å². The topological polar surface area (TPSA) is 0 Å². The molecule has 1 aromatic rings. The summed E-state index contributed by atoms with van der Waals surface area (Å²) in [5.74, 6) is 0. The Hall–Kier alpha value is 0.780. The summed E-state index contributed by atoms with van der Waals surface area (Å²) in [6.45, 7) is 0. The lowest BCUT2D eigenvalue weighted by molar-refractivity contribution is -0.151. The lowest BCUT2D eigenvalue weighted by Crippen LogP contribution is -2.24. The van der Waals surface area contributed by atoms with Crippen LogP contribution in [0.2, 0.25) is 0 Å². The van der Waals surface area contributed by atoms with Crippen molar-refractivity contribution in [3.05, 3.63) is 27.4 Å². The van der Waals surface area contributed by atoms with Crippen LogP contribution in [0.1, 0.15) is 16.7 Å². The normalized spacial score (nSPS) is 13.7. The Balaban J connectivity index is 4.04. The molecule has 0 radical (unpaired) electrons. The van der Waals surface area contributed by atoms with E-state index in [1.54, 1.807) is 0 Å². The predicted molar refractivity (Wildman–Crippen MR) is 79.6 cm³/mol. The monoisotopic (exact) mass is 660 g/mol. The van der Waals surface area contributed by atoms with Crippen molar-refractivity contribution in [3.8, 4) is 0 Å². The van der Waals surface area contributed by atoms with Crippen LogP contribution in [-0.2, 0) is 18.5 Å². The van der Waals surface area contributed by atoms with Crippen molar-refractivity contribution in [2.45, 2.75) is 18.5 Å². The van der Waals surface area contributed by atoms with Crippen molar-refractivity contribution in [2.24, 2.45) is 0 Å². The van der Waals surface area contributed by atoms with E-state index in [1.807, 2.05) is 0 Å². The maximum Gasteiger partial charge on any atom is 0.418 e. The van der Waals surface area contributed by atoms with Gasteiger partial charge in [-0.2, -0.15) is 39.5 Å². The average molecular weight is 660 g/mol. The van der Waals surface area contributed by atoms with Gasteiger partial charge < -0.3 is 0 Å². The van der Waals surface area contributed by atoms with Gasteiger partial charge in [0.15, 0.2) is 0 Å². The summed E-state index contributed by atoms with van der Waals surface area (Å²) in [6.07, 6.45) is -16.0. The maximum atomic E-state index is 12.8. The first kappa shape index (κ1) is 19.8. The SMILES string of the molecule is FC(F)(F)c1c(I)c(C(F)(F)F)c(I)c(C(F)(F)F)c1I. The minimum absolute atomic E-state index is 0.771. The van der Waals surface area contributed by atoms with Gasteiger partial charge in [0, 0.05) is 10.7 Å². The summed E-state index contributed by atoms with van der Waals surface area (Å²) >= 11 is 2.31. The molecule has 0 N–H and O–H groups in total. The summed E-state index contributed by atoms with van der Waals surface area (Å²) in [4.78, 5) is 0. The summed E-state index contributed by atoms with van der Waals surface area (Å²) < 4.78 is 112. The smallest absolute Gasteiger partial charge is 0.166 e. The van der Waals surface area contributed by atoms with Gasteiger partial charge in [0.1, 0.15) is 0 Å². The number of benzene rings is 1. The van der Waals surface area contributed by atoms with Gasteiger partial charge in [-0.15, -0.1) is 0 Å². The van der Waals surface area contributed by atoms with Crippen LogP contribution in [0.25, 0.3) is 0 Å².